The molecular weight excluding hydrogens is 559 g/mol. The van der Waals surface area contributed by atoms with Crippen LogP contribution in [0.25, 0.3) is 0 Å². The number of anilines is 1. The Morgan fingerprint density at radius 1 is 1.15 bits per heavy atom. The van der Waals surface area contributed by atoms with Crippen molar-refractivity contribution in [1.82, 2.24) is 20.1 Å². The fraction of sp³-hybridized carbons (Fsp3) is 0.552. The maximum Gasteiger partial charge on any atom is 0.241 e. The number of carbonyl (C=O) groups is 2. The summed E-state index contributed by atoms with van der Waals surface area (Å²) in [6.45, 7) is 11.9. The van der Waals surface area contributed by atoms with E-state index in [1.165, 1.54) is 12.1 Å². The lowest BCUT2D eigenvalue weighted by atomic mass is 9.91. The molecule has 0 saturated carbocycles. The molecule has 7 nitrogen and oxygen atoms in total. The van der Waals surface area contributed by atoms with E-state index in [0.717, 1.165) is 42.6 Å². The largest absolute Gasteiger partial charge is 0.341 e. The molecule has 2 fully saturated rings. The van der Waals surface area contributed by atoms with Gasteiger partial charge in [-0.25, -0.2) is 8.78 Å². The number of benzene rings is 1. The van der Waals surface area contributed by atoms with Crippen molar-refractivity contribution < 1.29 is 18.4 Å². The Morgan fingerprint density at radius 3 is 2.58 bits per heavy atom. The predicted molar refractivity (Wildman–Crippen MR) is 156 cm³/mol. The summed E-state index contributed by atoms with van der Waals surface area (Å²) in [6.07, 6.45) is 2.57. The van der Waals surface area contributed by atoms with Gasteiger partial charge in [-0.05, 0) is 36.1 Å². The van der Waals surface area contributed by atoms with Crippen molar-refractivity contribution in [2.45, 2.75) is 58.0 Å². The number of hydrogen-bond donors (Lipinski definition) is 1. The number of nitrogens with one attached hydrogen (secondary N) is 1. The highest BCUT2D eigenvalue weighted by atomic mass is 35.5. The van der Waals surface area contributed by atoms with Gasteiger partial charge in [0, 0.05) is 75.3 Å². The summed E-state index contributed by atoms with van der Waals surface area (Å²) in [4.78, 5) is 36.8. The van der Waals surface area contributed by atoms with Gasteiger partial charge in [0.15, 0.2) is 0 Å². The highest BCUT2D eigenvalue weighted by Gasteiger charge is 2.41. The molecule has 1 N–H and O–H groups in total. The van der Waals surface area contributed by atoms with Crippen molar-refractivity contribution in [3.8, 4) is 0 Å². The van der Waals surface area contributed by atoms with E-state index < -0.39 is 11.6 Å². The molecule has 40 heavy (non-hydrogen) atoms. The summed E-state index contributed by atoms with van der Waals surface area (Å²) >= 11 is 0. The molecule has 1 aromatic carbocycles. The van der Waals surface area contributed by atoms with Crippen molar-refractivity contribution in [3.63, 3.8) is 0 Å². The van der Waals surface area contributed by atoms with Gasteiger partial charge in [-0.2, -0.15) is 0 Å². The Labute approximate surface area is 247 Å². The second-order valence-electron chi connectivity index (χ2n) is 12.0. The molecule has 0 radical (unpaired) electrons. The molecule has 0 bridgehead atoms. The third-order valence-corrected chi connectivity index (χ3v) is 8.02. The monoisotopic (exact) mass is 597 g/mol. The molecular formula is C29H39Cl2F2N5O2. The highest BCUT2D eigenvalue weighted by Crippen LogP contribution is 2.40. The first-order valence-corrected chi connectivity index (χ1v) is 13.5. The number of aromatic nitrogens is 1. The van der Waals surface area contributed by atoms with Crippen molar-refractivity contribution in [2.24, 2.45) is 5.92 Å². The quantitative estimate of drug-likeness (QED) is 0.546. The van der Waals surface area contributed by atoms with Crippen LogP contribution in [0.1, 0.15) is 50.9 Å². The molecule has 0 aliphatic carbocycles. The van der Waals surface area contributed by atoms with Crippen molar-refractivity contribution in [1.29, 1.82) is 0 Å². The molecule has 1 aromatic heterocycles. The van der Waals surface area contributed by atoms with E-state index in [1.54, 1.807) is 11.1 Å². The number of fused-ring (bicyclic) bond motifs is 1. The van der Waals surface area contributed by atoms with Crippen LogP contribution in [0.4, 0.5) is 14.5 Å². The lowest BCUT2D eigenvalue weighted by molar-refractivity contribution is -0.128. The molecule has 3 atom stereocenters. The summed E-state index contributed by atoms with van der Waals surface area (Å²) in [7, 11) is 0. The minimum Gasteiger partial charge on any atom is -0.341 e. The van der Waals surface area contributed by atoms with Crippen LogP contribution >= 0.6 is 24.8 Å². The molecule has 3 aliphatic rings. The van der Waals surface area contributed by atoms with E-state index in [4.69, 9.17) is 0 Å². The summed E-state index contributed by atoms with van der Waals surface area (Å²) in [6, 6.07) is 5.80. The van der Waals surface area contributed by atoms with Gasteiger partial charge in [0.2, 0.25) is 11.8 Å². The first kappa shape index (κ1) is 32.2. The Morgan fingerprint density at radius 2 is 1.90 bits per heavy atom. The summed E-state index contributed by atoms with van der Waals surface area (Å²) in [5, 5.41) is 3.50. The summed E-state index contributed by atoms with van der Waals surface area (Å²) in [5.41, 5.74) is 2.42. The predicted octanol–water partition coefficient (Wildman–Crippen LogP) is 3.95. The number of rotatable bonds is 6. The van der Waals surface area contributed by atoms with Gasteiger partial charge in [0.25, 0.3) is 0 Å². The number of piperazine rings is 1. The third kappa shape index (κ3) is 6.75. The summed E-state index contributed by atoms with van der Waals surface area (Å²) < 4.78 is 27.7. The van der Waals surface area contributed by atoms with Crippen molar-refractivity contribution in [2.75, 3.05) is 44.2 Å². The van der Waals surface area contributed by atoms with Gasteiger partial charge < -0.3 is 15.1 Å². The molecule has 2 amide bonds. The number of halogens is 4. The fourth-order valence-corrected chi connectivity index (χ4v) is 6.05. The SMILES string of the molecule is C[C@@H]1CC(=O)N(C[C@H]2CN[C@H](C)CN2CC(=O)N2CC(C)(C)c3ncc(Cc4ccc(F)cc4F)cc32)C1.Cl.Cl. The van der Waals surface area contributed by atoms with E-state index in [9.17, 15) is 18.4 Å². The van der Waals surface area contributed by atoms with Gasteiger partial charge in [0.1, 0.15) is 11.6 Å². The molecule has 3 aliphatic heterocycles. The molecule has 0 spiro atoms. The van der Waals surface area contributed by atoms with Crippen LogP contribution in [-0.2, 0) is 21.4 Å². The lowest BCUT2D eigenvalue weighted by Crippen LogP contribution is -2.61. The van der Waals surface area contributed by atoms with Gasteiger partial charge in [-0.3, -0.25) is 19.5 Å². The standard InChI is InChI=1S/C29H37F2N5O2.2ClH/c1-18-7-26(37)35(13-18)15-23-12-32-19(2)14-34(23)16-27(38)36-17-29(3,4)28-25(36)9-20(11-33-28)8-21-5-6-22(30)10-24(21)31;;/h5-6,9-11,18-19,23,32H,7-8,12-17H2,1-4H3;2*1H/t18-,19-,23-;;/m1../s1. The number of likely N-dealkylation sites (tertiary alicyclic amines) is 1. The second-order valence-corrected chi connectivity index (χ2v) is 12.0. The maximum absolute atomic E-state index is 14.3. The Hall–Kier alpha value is -2.33. The number of amides is 2. The summed E-state index contributed by atoms with van der Waals surface area (Å²) in [5.74, 6) is -0.663. The number of pyridine rings is 1. The van der Waals surface area contributed by atoms with Crippen LogP contribution < -0.4 is 10.2 Å². The Balaban J connectivity index is 0.00000220. The number of nitrogens with zero attached hydrogens (tertiary/aromatic N) is 4. The van der Waals surface area contributed by atoms with Crippen LogP contribution in [0.5, 0.6) is 0 Å². The third-order valence-electron chi connectivity index (χ3n) is 8.02. The Kier molecular flexibility index (Phi) is 10.2. The zero-order valence-electron chi connectivity index (χ0n) is 23.5. The molecule has 11 heteroatoms. The van der Waals surface area contributed by atoms with Gasteiger partial charge in [-0.15, -0.1) is 24.8 Å². The molecule has 4 heterocycles. The zero-order valence-corrected chi connectivity index (χ0v) is 25.1. The molecule has 5 rings (SSSR count). The molecule has 2 aromatic rings. The maximum atomic E-state index is 14.3. The fourth-order valence-electron chi connectivity index (χ4n) is 6.05. The van der Waals surface area contributed by atoms with Crippen LogP contribution in [0, 0.1) is 17.6 Å². The highest BCUT2D eigenvalue weighted by molar-refractivity contribution is 5.97. The van der Waals surface area contributed by atoms with Gasteiger partial charge in [0.05, 0.1) is 17.9 Å². The Bertz CT molecular complexity index is 1250. The van der Waals surface area contributed by atoms with E-state index >= 15 is 0 Å². The van der Waals surface area contributed by atoms with Crippen molar-refractivity contribution in [3.05, 3.63) is 58.9 Å². The van der Waals surface area contributed by atoms with E-state index in [2.05, 4.69) is 42.9 Å². The van der Waals surface area contributed by atoms with E-state index in [-0.39, 0.29) is 67.1 Å². The second kappa shape index (κ2) is 12.7. The van der Waals surface area contributed by atoms with Crippen LogP contribution in [-0.4, -0.2) is 78.0 Å². The smallest absolute Gasteiger partial charge is 0.241 e. The topological polar surface area (TPSA) is 68.8 Å². The van der Waals surface area contributed by atoms with E-state index in [1.807, 2.05) is 11.0 Å². The first-order chi connectivity index (χ1) is 18.0. The number of hydrogen-bond acceptors (Lipinski definition) is 5. The molecule has 0 unspecified atom stereocenters. The minimum absolute atomic E-state index is 0. The van der Waals surface area contributed by atoms with Gasteiger partial charge in [-0.1, -0.05) is 26.8 Å². The lowest BCUT2D eigenvalue weighted by Gasteiger charge is -2.41. The average Bonchev–Trinajstić information content (AvgIpc) is 3.31. The number of carbonyl (C=O) groups excluding carboxylic acids is 2. The van der Waals surface area contributed by atoms with Crippen molar-refractivity contribution >= 4 is 42.3 Å². The minimum atomic E-state index is -0.610. The molecule has 220 valence electrons. The van der Waals surface area contributed by atoms with Crippen LogP contribution in [0.2, 0.25) is 0 Å². The van der Waals surface area contributed by atoms with Crippen LogP contribution in [0.15, 0.2) is 30.5 Å². The first-order valence-electron chi connectivity index (χ1n) is 13.5. The normalized spacial score (nSPS) is 23.9. The van der Waals surface area contributed by atoms with Gasteiger partial charge >= 0.3 is 0 Å². The van der Waals surface area contributed by atoms with Crippen LogP contribution in [0.3, 0.4) is 0 Å². The zero-order chi connectivity index (χ0) is 27.2. The van der Waals surface area contributed by atoms with E-state index in [0.29, 0.717) is 31.0 Å². The average molecular weight is 599 g/mol. The molecule has 2 saturated heterocycles.